The Labute approximate surface area is 161 Å². The predicted molar refractivity (Wildman–Crippen MR) is 104 cm³/mol. The summed E-state index contributed by atoms with van der Waals surface area (Å²) < 4.78 is 18.1. The van der Waals surface area contributed by atoms with Gasteiger partial charge in [-0.15, -0.1) is 0 Å². The van der Waals surface area contributed by atoms with Gasteiger partial charge in [-0.25, -0.2) is 4.39 Å². The number of aryl methyl sites for hydroxylation is 1. The van der Waals surface area contributed by atoms with Crippen LogP contribution in [0.4, 0.5) is 4.39 Å². The molecule has 2 aromatic carbocycles. The molecule has 3 rings (SSSR count). The quantitative estimate of drug-likeness (QED) is 0.567. The van der Waals surface area contributed by atoms with Crippen LogP contribution in [0.15, 0.2) is 59.1 Å². The van der Waals surface area contributed by atoms with E-state index in [0.717, 1.165) is 11.5 Å². The minimum Gasteiger partial charge on any atom is -0.355 e. The molecule has 7 heteroatoms. The van der Waals surface area contributed by atoms with Gasteiger partial charge in [0.05, 0.1) is 0 Å². The van der Waals surface area contributed by atoms with Crippen LogP contribution in [0.5, 0.6) is 0 Å². The summed E-state index contributed by atoms with van der Waals surface area (Å²) in [6.45, 7) is 0.626. The number of benzene rings is 2. The summed E-state index contributed by atoms with van der Waals surface area (Å²) in [4.78, 5) is 16.2. The van der Waals surface area contributed by atoms with E-state index in [2.05, 4.69) is 27.6 Å². The minimum absolute atomic E-state index is 0.0446. The number of hydrogen-bond donors (Lipinski definition) is 1. The minimum atomic E-state index is -0.318. The number of carbonyl (C=O) groups is 1. The van der Waals surface area contributed by atoms with Gasteiger partial charge in [0, 0.05) is 36.5 Å². The molecule has 0 saturated carbocycles. The van der Waals surface area contributed by atoms with E-state index in [1.165, 1.54) is 17.7 Å². The molecule has 0 atom stereocenters. The van der Waals surface area contributed by atoms with Crippen molar-refractivity contribution in [2.24, 2.45) is 0 Å². The van der Waals surface area contributed by atoms with E-state index in [9.17, 15) is 9.18 Å². The Balaban J connectivity index is 1.34. The normalized spacial score (nSPS) is 10.7. The summed E-state index contributed by atoms with van der Waals surface area (Å²) in [6, 6.07) is 16.1. The predicted octanol–water partition coefficient (Wildman–Crippen LogP) is 3.86. The average molecular weight is 385 g/mol. The molecule has 0 unspecified atom stereocenters. The maximum atomic E-state index is 12.9. The summed E-state index contributed by atoms with van der Waals surface area (Å²) in [6.07, 6.45) is 0.658. The third-order valence-corrected chi connectivity index (χ3v) is 4.85. The Morgan fingerprint density at radius 2 is 1.89 bits per heavy atom. The number of nitrogens with one attached hydrogen (secondary N) is 1. The number of hydrogen-bond acceptors (Lipinski definition) is 5. The number of aromatic nitrogens is 2. The van der Waals surface area contributed by atoms with Crippen molar-refractivity contribution in [2.45, 2.75) is 18.6 Å². The van der Waals surface area contributed by atoms with E-state index in [4.69, 9.17) is 4.52 Å². The Morgan fingerprint density at radius 1 is 1.11 bits per heavy atom. The first-order chi connectivity index (χ1) is 13.2. The number of nitrogens with zero attached hydrogens (tertiary/aromatic N) is 2. The molecule has 0 aliphatic heterocycles. The Bertz CT molecular complexity index is 853. The maximum Gasteiger partial charge on any atom is 0.227 e. The van der Waals surface area contributed by atoms with Gasteiger partial charge in [-0.05, 0) is 29.8 Å². The smallest absolute Gasteiger partial charge is 0.227 e. The molecule has 27 heavy (non-hydrogen) atoms. The monoisotopic (exact) mass is 385 g/mol. The summed E-state index contributed by atoms with van der Waals surface area (Å²) in [5.41, 5.74) is 1.95. The Morgan fingerprint density at radius 3 is 2.67 bits per heavy atom. The van der Waals surface area contributed by atoms with E-state index in [1.54, 1.807) is 23.9 Å². The fourth-order valence-electron chi connectivity index (χ4n) is 2.41. The molecule has 1 N–H and O–H groups in total. The van der Waals surface area contributed by atoms with Gasteiger partial charge in [-0.1, -0.05) is 35.5 Å². The molecule has 1 aromatic heterocycles. The van der Waals surface area contributed by atoms with Crippen LogP contribution in [-0.2, 0) is 17.0 Å². The van der Waals surface area contributed by atoms with E-state index < -0.39 is 0 Å². The lowest BCUT2D eigenvalue weighted by Crippen LogP contribution is -2.25. The maximum absolute atomic E-state index is 12.9. The molecular weight excluding hydrogens is 365 g/mol. The van der Waals surface area contributed by atoms with Crippen LogP contribution in [0.1, 0.15) is 17.9 Å². The summed E-state index contributed by atoms with van der Waals surface area (Å²) in [7, 11) is 0. The van der Waals surface area contributed by atoms with Gasteiger partial charge in [0.1, 0.15) is 5.82 Å². The van der Waals surface area contributed by atoms with E-state index in [-0.39, 0.29) is 18.1 Å². The summed E-state index contributed by atoms with van der Waals surface area (Å²) in [5.74, 6) is 2.21. The average Bonchev–Trinajstić information content (AvgIpc) is 3.16. The lowest BCUT2D eigenvalue weighted by Gasteiger charge is -2.04. The number of halogens is 1. The lowest BCUT2D eigenvalue weighted by molar-refractivity contribution is -0.121. The van der Waals surface area contributed by atoms with Crippen LogP contribution in [0.3, 0.4) is 0 Å². The molecule has 0 bridgehead atoms. The van der Waals surface area contributed by atoms with Gasteiger partial charge in [-0.3, -0.25) is 4.79 Å². The van der Waals surface area contributed by atoms with Crippen LogP contribution in [0.25, 0.3) is 11.4 Å². The van der Waals surface area contributed by atoms with E-state index >= 15 is 0 Å². The SMILES string of the molecule is O=C(CCc1nc(-c2ccc(F)cc2)no1)NCCSCc1ccccc1. The molecule has 0 aliphatic rings. The molecule has 0 radical (unpaired) electrons. The van der Waals surface area contributed by atoms with Gasteiger partial charge in [-0.2, -0.15) is 16.7 Å². The zero-order chi connectivity index (χ0) is 18.9. The number of carbonyl (C=O) groups excluding carboxylic acids is 1. The van der Waals surface area contributed by atoms with E-state index in [0.29, 0.717) is 30.2 Å². The molecular formula is C20H20FN3O2S. The highest BCUT2D eigenvalue weighted by atomic mass is 32.2. The topological polar surface area (TPSA) is 68.0 Å². The van der Waals surface area contributed by atoms with Crippen LogP contribution < -0.4 is 5.32 Å². The zero-order valence-electron chi connectivity index (χ0n) is 14.7. The van der Waals surface area contributed by atoms with Crippen LogP contribution in [0.2, 0.25) is 0 Å². The number of rotatable bonds is 9. The van der Waals surface area contributed by atoms with E-state index in [1.807, 2.05) is 18.2 Å². The van der Waals surface area contributed by atoms with Crippen LogP contribution >= 0.6 is 11.8 Å². The van der Waals surface area contributed by atoms with Crippen molar-refractivity contribution in [2.75, 3.05) is 12.3 Å². The van der Waals surface area contributed by atoms with Gasteiger partial charge < -0.3 is 9.84 Å². The zero-order valence-corrected chi connectivity index (χ0v) is 15.5. The van der Waals surface area contributed by atoms with Crippen molar-refractivity contribution >= 4 is 17.7 Å². The summed E-state index contributed by atoms with van der Waals surface area (Å²) >= 11 is 1.78. The molecule has 140 valence electrons. The van der Waals surface area contributed by atoms with Crippen molar-refractivity contribution in [3.8, 4) is 11.4 Å². The van der Waals surface area contributed by atoms with Gasteiger partial charge in [0.2, 0.25) is 17.6 Å². The van der Waals surface area contributed by atoms with Gasteiger partial charge in [0.25, 0.3) is 0 Å². The van der Waals surface area contributed by atoms with Crippen LogP contribution in [0, 0.1) is 5.82 Å². The molecule has 0 spiro atoms. The molecule has 0 saturated heterocycles. The first-order valence-corrected chi connectivity index (χ1v) is 9.83. The second-order valence-electron chi connectivity index (χ2n) is 5.91. The van der Waals surface area contributed by atoms with Crippen LogP contribution in [-0.4, -0.2) is 28.3 Å². The third-order valence-electron chi connectivity index (χ3n) is 3.82. The highest BCUT2D eigenvalue weighted by Crippen LogP contribution is 2.16. The Kier molecular flexibility index (Phi) is 6.98. The molecule has 0 fully saturated rings. The van der Waals surface area contributed by atoms with Crippen molar-refractivity contribution in [3.63, 3.8) is 0 Å². The molecule has 0 aliphatic carbocycles. The Hall–Kier alpha value is -2.67. The number of amides is 1. The first-order valence-electron chi connectivity index (χ1n) is 8.67. The number of thioether (sulfide) groups is 1. The third kappa shape index (κ3) is 6.21. The highest BCUT2D eigenvalue weighted by molar-refractivity contribution is 7.98. The van der Waals surface area contributed by atoms with Crippen molar-refractivity contribution < 1.29 is 13.7 Å². The molecule has 5 nitrogen and oxygen atoms in total. The fraction of sp³-hybridized carbons (Fsp3) is 0.250. The largest absolute Gasteiger partial charge is 0.355 e. The molecule has 1 heterocycles. The second-order valence-corrected chi connectivity index (χ2v) is 7.01. The van der Waals surface area contributed by atoms with Crippen molar-refractivity contribution in [1.29, 1.82) is 0 Å². The standard InChI is InChI=1S/C20H20FN3O2S/c21-17-8-6-16(7-9-17)20-23-19(26-24-20)11-10-18(25)22-12-13-27-14-15-4-2-1-3-5-15/h1-9H,10-14H2,(H,22,25). The highest BCUT2D eigenvalue weighted by Gasteiger charge is 2.10. The van der Waals surface area contributed by atoms with Crippen molar-refractivity contribution in [1.82, 2.24) is 15.5 Å². The van der Waals surface area contributed by atoms with Gasteiger partial charge in [0.15, 0.2) is 0 Å². The first kappa shape index (κ1) is 19.1. The molecule has 1 amide bonds. The fourth-order valence-corrected chi connectivity index (χ4v) is 3.23. The second kappa shape index (κ2) is 9.87. The van der Waals surface area contributed by atoms with Crippen molar-refractivity contribution in [3.05, 3.63) is 71.9 Å². The lowest BCUT2D eigenvalue weighted by atomic mass is 10.2. The van der Waals surface area contributed by atoms with Gasteiger partial charge >= 0.3 is 0 Å². The molecule has 3 aromatic rings. The summed E-state index contributed by atoms with van der Waals surface area (Å²) in [5, 5.41) is 6.76.